The number of carboxylic acids is 1. The number of ether oxygens (including phenoxy) is 1. The highest BCUT2D eigenvalue weighted by molar-refractivity contribution is 6.34. The smallest absolute Gasteiger partial charge is 0.335 e. The molecule has 0 radical (unpaired) electrons. The van der Waals surface area contributed by atoms with E-state index in [9.17, 15) is 9.59 Å². The molecule has 7 heteroatoms. The van der Waals surface area contributed by atoms with Crippen LogP contribution in [0, 0.1) is 0 Å². The summed E-state index contributed by atoms with van der Waals surface area (Å²) in [6.07, 6.45) is 0. The molecule has 0 fully saturated rings. The number of nitrogens with one attached hydrogen (secondary N) is 1. The van der Waals surface area contributed by atoms with Gasteiger partial charge in [0.2, 0.25) is 0 Å². The maximum Gasteiger partial charge on any atom is 0.335 e. The van der Waals surface area contributed by atoms with Crippen LogP contribution in [0.4, 0.5) is 5.69 Å². The Morgan fingerprint density at radius 3 is 2.50 bits per heavy atom. The van der Waals surface area contributed by atoms with E-state index in [1.165, 1.54) is 31.4 Å². The number of carbonyl (C=O) groups excluding carboxylic acids is 1. The van der Waals surface area contributed by atoms with Crippen LogP contribution in [-0.4, -0.2) is 24.1 Å². The number of aromatic carboxylic acids is 1. The Hall–Kier alpha value is -2.24. The van der Waals surface area contributed by atoms with E-state index in [1.54, 1.807) is 12.1 Å². The van der Waals surface area contributed by atoms with Gasteiger partial charge in [0, 0.05) is 5.02 Å². The van der Waals surface area contributed by atoms with Crippen molar-refractivity contribution in [2.75, 3.05) is 12.4 Å². The molecule has 2 aromatic carbocycles. The van der Waals surface area contributed by atoms with E-state index in [0.29, 0.717) is 10.8 Å². The van der Waals surface area contributed by atoms with Gasteiger partial charge in [0.1, 0.15) is 5.75 Å². The van der Waals surface area contributed by atoms with Crippen LogP contribution in [0.5, 0.6) is 5.75 Å². The average Bonchev–Trinajstić information content (AvgIpc) is 2.49. The molecule has 22 heavy (non-hydrogen) atoms. The number of amides is 1. The Bertz CT molecular complexity index is 746. The summed E-state index contributed by atoms with van der Waals surface area (Å²) in [6, 6.07) is 8.63. The molecular formula is C15H11Cl2NO4. The largest absolute Gasteiger partial charge is 0.496 e. The summed E-state index contributed by atoms with van der Waals surface area (Å²) in [4.78, 5) is 23.3. The van der Waals surface area contributed by atoms with Gasteiger partial charge in [0.15, 0.2) is 0 Å². The third-order valence-corrected chi connectivity index (χ3v) is 3.43. The molecule has 2 rings (SSSR count). The van der Waals surface area contributed by atoms with Gasteiger partial charge in [0.25, 0.3) is 5.91 Å². The number of halogens is 2. The number of anilines is 1. The van der Waals surface area contributed by atoms with Crippen LogP contribution in [0.2, 0.25) is 10.0 Å². The minimum absolute atomic E-state index is 0.0118. The Morgan fingerprint density at radius 2 is 1.86 bits per heavy atom. The fourth-order valence-electron chi connectivity index (χ4n) is 1.80. The zero-order valence-corrected chi connectivity index (χ0v) is 12.9. The Balaban J connectivity index is 2.35. The number of carboxylic acid groups (broad SMARTS) is 1. The number of hydrogen-bond acceptors (Lipinski definition) is 3. The zero-order chi connectivity index (χ0) is 16.3. The molecule has 0 aromatic heterocycles. The molecule has 1 amide bonds. The van der Waals surface area contributed by atoms with Crippen molar-refractivity contribution < 1.29 is 19.4 Å². The number of benzene rings is 2. The topological polar surface area (TPSA) is 75.6 Å². The summed E-state index contributed by atoms with van der Waals surface area (Å²) in [7, 11) is 1.43. The lowest BCUT2D eigenvalue weighted by Gasteiger charge is -2.11. The lowest BCUT2D eigenvalue weighted by Crippen LogP contribution is -2.14. The SMILES string of the molecule is COc1ccc(Cl)cc1C(=O)Nc1cc(C(=O)O)ccc1Cl. The number of hydrogen-bond donors (Lipinski definition) is 2. The molecule has 0 heterocycles. The molecule has 0 atom stereocenters. The van der Waals surface area contributed by atoms with E-state index >= 15 is 0 Å². The molecule has 114 valence electrons. The average molecular weight is 340 g/mol. The lowest BCUT2D eigenvalue weighted by atomic mass is 10.1. The second-order valence-electron chi connectivity index (χ2n) is 4.30. The maximum absolute atomic E-state index is 12.3. The second-order valence-corrected chi connectivity index (χ2v) is 5.14. The molecule has 0 aliphatic carbocycles. The van der Waals surface area contributed by atoms with Gasteiger partial charge in [0.05, 0.1) is 28.9 Å². The summed E-state index contributed by atoms with van der Waals surface area (Å²) in [5.41, 5.74) is 0.415. The quantitative estimate of drug-likeness (QED) is 0.884. The predicted molar refractivity (Wildman–Crippen MR) is 84.4 cm³/mol. The first-order chi connectivity index (χ1) is 10.4. The fraction of sp³-hybridized carbons (Fsp3) is 0.0667. The fourth-order valence-corrected chi connectivity index (χ4v) is 2.14. The van der Waals surface area contributed by atoms with Crippen molar-refractivity contribution in [2.45, 2.75) is 0 Å². The number of carbonyl (C=O) groups is 2. The van der Waals surface area contributed by atoms with Crippen molar-refractivity contribution in [1.82, 2.24) is 0 Å². The Labute approximate surface area is 136 Å². The van der Waals surface area contributed by atoms with Crippen LogP contribution in [-0.2, 0) is 0 Å². The normalized spacial score (nSPS) is 10.1. The molecule has 0 saturated carbocycles. The van der Waals surface area contributed by atoms with Gasteiger partial charge < -0.3 is 15.2 Å². The standard InChI is InChI=1S/C15H11Cl2NO4/c1-22-13-5-3-9(16)7-10(13)14(19)18-12-6-8(15(20)21)2-4-11(12)17/h2-7H,1H3,(H,18,19)(H,20,21). The second kappa shape index (κ2) is 6.68. The van der Waals surface area contributed by atoms with Gasteiger partial charge >= 0.3 is 5.97 Å². The third-order valence-electron chi connectivity index (χ3n) is 2.87. The van der Waals surface area contributed by atoms with Gasteiger partial charge in [-0.15, -0.1) is 0 Å². The van der Waals surface area contributed by atoms with Gasteiger partial charge in [-0.2, -0.15) is 0 Å². The Kier molecular flexibility index (Phi) is 4.90. The summed E-state index contributed by atoms with van der Waals surface area (Å²) in [5, 5.41) is 12.1. The van der Waals surface area contributed by atoms with Crippen molar-refractivity contribution >= 4 is 40.8 Å². The van der Waals surface area contributed by atoms with Crippen LogP contribution in [0.1, 0.15) is 20.7 Å². The van der Waals surface area contributed by atoms with Crippen LogP contribution in [0.3, 0.4) is 0 Å². The van der Waals surface area contributed by atoms with Gasteiger partial charge in [-0.25, -0.2) is 4.79 Å². The highest BCUT2D eigenvalue weighted by Gasteiger charge is 2.15. The number of methoxy groups -OCH3 is 1. The maximum atomic E-state index is 12.3. The van der Waals surface area contributed by atoms with Crippen LogP contribution in [0.25, 0.3) is 0 Å². The molecular weight excluding hydrogens is 329 g/mol. The first-order valence-corrected chi connectivity index (χ1v) is 6.85. The van der Waals surface area contributed by atoms with E-state index < -0.39 is 11.9 Å². The summed E-state index contributed by atoms with van der Waals surface area (Å²) < 4.78 is 5.10. The molecule has 0 aliphatic heterocycles. The summed E-state index contributed by atoms with van der Waals surface area (Å²) in [5.74, 6) is -1.29. The Morgan fingerprint density at radius 1 is 1.14 bits per heavy atom. The van der Waals surface area contributed by atoms with Gasteiger partial charge in [-0.1, -0.05) is 23.2 Å². The first-order valence-electron chi connectivity index (χ1n) is 6.10. The zero-order valence-electron chi connectivity index (χ0n) is 11.4. The van der Waals surface area contributed by atoms with Crippen LogP contribution in [0.15, 0.2) is 36.4 Å². The molecule has 5 nitrogen and oxygen atoms in total. The minimum atomic E-state index is -1.12. The predicted octanol–water partition coefficient (Wildman–Crippen LogP) is 3.95. The molecule has 0 bridgehead atoms. The highest BCUT2D eigenvalue weighted by atomic mass is 35.5. The van der Waals surface area contributed by atoms with Crippen molar-refractivity contribution in [3.8, 4) is 5.75 Å². The molecule has 0 spiro atoms. The summed E-state index contributed by atoms with van der Waals surface area (Å²) >= 11 is 11.9. The van der Waals surface area contributed by atoms with Gasteiger partial charge in [-0.05, 0) is 36.4 Å². The number of rotatable bonds is 4. The van der Waals surface area contributed by atoms with E-state index in [-0.39, 0.29) is 21.8 Å². The minimum Gasteiger partial charge on any atom is -0.496 e. The van der Waals surface area contributed by atoms with E-state index in [1.807, 2.05) is 0 Å². The highest BCUT2D eigenvalue weighted by Crippen LogP contribution is 2.27. The van der Waals surface area contributed by atoms with Gasteiger partial charge in [-0.3, -0.25) is 4.79 Å². The van der Waals surface area contributed by atoms with E-state index in [2.05, 4.69) is 5.32 Å². The first kappa shape index (κ1) is 16.1. The molecule has 2 N–H and O–H groups in total. The van der Waals surface area contributed by atoms with E-state index in [0.717, 1.165) is 0 Å². The van der Waals surface area contributed by atoms with Crippen LogP contribution < -0.4 is 10.1 Å². The van der Waals surface area contributed by atoms with Crippen molar-refractivity contribution in [1.29, 1.82) is 0 Å². The summed E-state index contributed by atoms with van der Waals surface area (Å²) in [6.45, 7) is 0. The third kappa shape index (κ3) is 3.50. The lowest BCUT2D eigenvalue weighted by molar-refractivity contribution is 0.0696. The van der Waals surface area contributed by atoms with Crippen molar-refractivity contribution in [3.63, 3.8) is 0 Å². The van der Waals surface area contributed by atoms with Crippen molar-refractivity contribution in [2.24, 2.45) is 0 Å². The van der Waals surface area contributed by atoms with E-state index in [4.69, 9.17) is 33.0 Å². The molecule has 0 saturated heterocycles. The molecule has 2 aromatic rings. The van der Waals surface area contributed by atoms with Crippen LogP contribution >= 0.6 is 23.2 Å². The monoisotopic (exact) mass is 339 g/mol. The molecule has 0 unspecified atom stereocenters. The van der Waals surface area contributed by atoms with Crippen molar-refractivity contribution in [3.05, 3.63) is 57.6 Å². The molecule has 0 aliphatic rings.